The third-order valence-corrected chi connectivity index (χ3v) is 5.43. The summed E-state index contributed by atoms with van der Waals surface area (Å²) in [5.74, 6) is -1.11. The molecule has 112 valence electrons. The number of carbonyl (C=O) groups is 2. The molecule has 0 bridgehead atoms. The SMILES string of the molecule is O=C1OC2C(Br)CC(Br)CC2C(=O)N1c1ccc(F)cc1. The van der Waals surface area contributed by atoms with Crippen LogP contribution < -0.4 is 4.90 Å². The molecule has 0 aromatic heterocycles. The average Bonchev–Trinajstić information content (AvgIpc) is 2.42. The summed E-state index contributed by atoms with van der Waals surface area (Å²) in [5, 5.41) is 0. The third kappa shape index (κ3) is 2.73. The monoisotopic (exact) mass is 419 g/mol. The molecule has 4 nitrogen and oxygen atoms in total. The van der Waals surface area contributed by atoms with E-state index in [2.05, 4.69) is 31.9 Å². The number of nitrogens with zero attached hydrogens (tertiary/aromatic N) is 1. The molecule has 7 heteroatoms. The van der Waals surface area contributed by atoms with E-state index in [1.807, 2.05) is 0 Å². The van der Waals surface area contributed by atoms with Crippen LogP contribution in [0, 0.1) is 11.7 Å². The van der Waals surface area contributed by atoms with Crippen LogP contribution in [0.25, 0.3) is 0 Å². The Morgan fingerprint density at radius 2 is 1.81 bits per heavy atom. The van der Waals surface area contributed by atoms with Crippen molar-refractivity contribution in [2.75, 3.05) is 4.90 Å². The molecule has 1 aliphatic heterocycles. The Bertz CT molecular complexity index is 580. The first kappa shape index (κ1) is 15.0. The Morgan fingerprint density at radius 1 is 1.14 bits per heavy atom. The molecule has 1 heterocycles. The van der Waals surface area contributed by atoms with E-state index in [1.165, 1.54) is 24.3 Å². The van der Waals surface area contributed by atoms with Crippen LogP contribution in [0.2, 0.25) is 0 Å². The zero-order valence-corrected chi connectivity index (χ0v) is 14.0. The number of rotatable bonds is 1. The lowest BCUT2D eigenvalue weighted by molar-refractivity contribution is -0.130. The van der Waals surface area contributed by atoms with Crippen molar-refractivity contribution in [2.45, 2.75) is 28.6 Å². The van der Waals surface area contributed by atoms with Gasteiger partial charge in [0.25, 0.3) is 0 Å². The van der Waals surface area contributed by atoms with Gasteiger partial charge in [-0.3, -0.25) is 4.79 Å². The highest BCUT2D eigenvalue weighted by Gasteiger charge is 2.49. The summed E-state index contributed by atoms with van der Waals surface area (Å²) >= 11 is 7.01. The molecular weight excluding hydrogens is 409 g/mol. The Morgan fingerprint density at radius 3 is 2.48 bits per heavy atom. The van der Waals surface area contributed by atoms with Crippen LogP contribution in [0.5, 0.6) is 0 Å². The quantitative estimate of drug-likeness (QED) is 0.652. The molecule has 2 fully saturated rings. The first-order valence-electron chi connectivity index (χ1n) is 6.55. The fraction of sp³-hybridized carbons (Fsp3) is 0.429. The minimum absolute atomic E-state index is 0.0520. The van der Waals surface area contributed by atoms with Crippen LogP contribution in [0.1, 0.15) is 12.8 Å². The minimum atomic E-state index is -0.703. The van der Waals surface area contributed by atoms with Gasteiger partial charge in [-0.25, -0.2) is 14.1 Å². The number of hydrogen-bond acceptors (Lipinski definition) is 3. The number of halogens is 3. The van der Waals surface area contributed by atoms with Crippen LogP contribution >= 0.6 is 31.9 Å². The minimum Gasteiger partial charge on any atom is -0.443 e. The molecule has 0 N–H and O–H groups in total. The highest BCUT2D eigenvalue weighted by Crippen LogP contribution is 2.40. The fourth-order valence-electron chi connectivity index (χ4n) is 2.78. The van der Waals surface area contributed by atoms with E-state index in [9.17, 15) is 14.0 Å². The van der Waals surface area contributed by atoms with E-state index in [1.54, 1.807) is 0 Å². The van der Waals surface area contributed by atoms with Gasteiger partial charge < -0.3 is 4.74 Å². The van der Waals surface area contributed by atoms with Gasteiger partial charge in [0.15, 0.2) is 0 Å². The highest BCUT2D eigenvalue weighted by atomic mass is 79.9. The lowest BCUT2D eigenvalue weighted by Crippen LogP contribution is -2.57. The van der Waals surface area contributed by atoms with E-state index in [-0.39, 0.29) is 15.6 Å². The summed E-state index contributed by atoms with van der Waals surface area (Å²) in [5.41, 5.74) is 0.327. The van der Waals surface area contributed by atoms with Crippen LogP contribution in [-0.4, -0.2) is 27.8 Å². The van der Waals surface area contributed by atoms with Gasteiger partial charge in [0, 0.05) is 4.83 Å². The molecule has 21 heavy (non-hydrogen) atoms. The Balaban J connectivity index is 1.91. The van der Waals surface area contributed by atoms with Crippen molar-refractivity contribution in [1.29, 1.82) is 0 Å². The van der Waals surface area contributed by atoms with Gasteiger partial charge in [-0.15, -0.1) is 0 Å². The predicted molar refractivity (Wildman–Crippen MR) is 82.3 cm³/mol. The predicted octanol–water partition coefficient (Wildman–Crippen LogP) is 3.61. The molecule has 1 saturated carbocycles. The van der Waals surface area contributed by atoms with Gasteiger partial charge in [-0.2, -0.15) is 0 Å². The molecule has 2 aliphatic rings. The average molecular weight is 421 g/mol. The topological polar surface area (TPSA) is 46.6 Å². The maximum atomic E-state index is 13.0. The number of benzene rings is 1. The largest absolute Gasteiger partial charge is 0.443 e. The second kappa shape index (κ2) is 5.68. The number of carbonyl (C=O) groups excluding carboxylic acids is 2. The maximum Gasteiger partial charge on any atom is 0.421 e. The molecule has 1 aliphatic carbocycles. The lowest BCUT2D eigenvalue weighted by atomic mass is 9.84. The molecule has 1 aromatic rings. The van der Waals surface area contributed by atoms with Gasteiger partial charge in [-0.1, -0.05) is 31.9 Å². The van der Waals surface area contributed by atoms with Gasteiger partial charge in [0.1, 0.15) is 11.9 Å². The first-order valence-corrected chi connectivity index (χ1v) is 8.39. The second-order valence-electron chi connectivity index (χ2n) is 5.19. The molecule has 1 saturated heterocycles. The van der Waals surface area contributed by atoms with E-state index in [4.69, 9.17) is 4.74 Å². The van der Waals surface area contributed by atoms with Crippen LogP contribution in [0.3, 0.4) is 0 Å². The normalized spacial score (nSPS) is 32.6. The number of amides is 2. The van der Waals surface area contributed by atoms with Crippen LogP contribution in [0.4, 0.5) is 14.9 Å². The molecule has 0 spiro atoms. The zero-order chi connectivity index (χ0) is 15.1. The Labute approximate surface area is 137 Å². The number of fused-ring (bicyclic) bond motifs is 1. The number of anilines is 1. The molecule has 2 amide bonds. The zero-order valence-electron chi connectivity index (χ0n) is 10.8. The van der Waals surface area contributed by atoms with Crippen LogP contribution in [-0.2, 0) is 9.53 Å². The summed E-state index contributed by atoms with van der Waals surface area (Å²) in [6.45, 7) is 0. The van der Waals surface area contributed by atoms with Gasteiger partial charge in [-0.05, 0) is 37.1 Å². The van der Waals surface area contributed by atoms with Crippen molar-refractivity contribution >= 4 is 49.5 Å². The summed E-state index contributed by atoms with van der Waals surface area (Å²) < 4.78 is 18.4. The van der Waals surface area contributed by atoms with Crippen molar-refractivity contribution in [3.63, 3.8) is 0 Å². The van der Waals surface area contributed by atoms with Gasteiger partial charge in [0.05, 0.1) is 16.4 Å². The Hall–Kier alpha value is -0.950. The number of imide groups is 1. The molecule has 1 aromatic carbocycles. The third-order valence-electron chi connectivity index (χ3n) is 3.79. The van der Waals surface area contributed by atoms with Crippen molar-refractivity contribution in [2.24, 2.45) is 5.92 Å². The number of alkyl halides is 2. The first-order chi connectivity index (χ1) is 9.97. The van der Waals surface area contributed by atoms with Crippen molar-refractivity contribution in [3.8, 4) is 0 Å². The summed E-state index contributed by atoms with van der Waals surface area (Å²) in [4.78, 5) is 25.9. The number of ether oxygens (including phenoxy) is 1. The van der Waals surface area contributed by atoms with Crippen molar-refractivity contribution in [1.82, 2.24) is 0 Å². The van der Waals surface area contributed by atoms with E-state index in [0.717, 1.165) is 11.3 Å². The summed E-state index contributed by atoms with van der Waals surface area (Å²) in [7, 11) is 0. The molecule has 3 rings (SSSR count). The molecular formula is C14H12Br2FNO3. The van der Waals surface area contributed by atoms with Gasteiger partial charge in [0.2, 0.25) is 5.91 Å². The molecule has 4 atom stereocenters. The van der Waals surface area contributed by atoms with E-state index in [0.29, 0.717) is 12.1 Å². The summed E-state index contributed by atoms with van der Waals surface area (Å²) in [6, 6.07) is 5.22. The van der Waals surface area contributed by atoms with Crippen molar-refractivity contribution in [3.05, 3.63) is 30.1 Å². The smallest absolute Gasteiger partial charge is 0.421 e. The standard InChI is InChI=1S/C14H12Br2FNO3/c15-7-5-10-12(11(16)6-7)21-14(20)18(13(10)19)9-3-1-8(17)2-4-9/h1-4,7,10-12H,5-6H2. The number of hydrogen-bond donors (Lipinski definition) is 0. The highest BCUT2D eigenvalue weighted by molar-refractivity contribution is 9.10. The lowest BCUT2D eigenvalue weighted by Gasteiger charge is -2.42. The summed E-state index contributed by atoms with van der Waals surface area (Å²) in [6.07, 6.45) is 0.246. The molecule has 4 unspecified atom stereocenters. The van der Waals surface area contributed by atoms with Crippen molar-refractivity contribution < 1.29 is 18.7 Å². The second-order valence-corrected chi connectivity index (χ2v) is 7.66. The van der Waals surface area contributed by atoms with E-state index < -0.39 is 23.9 Å². The Kier molecular flexibility index (Phi) is 4.05. The van der Waals surface area contributed by atoms with Gasteiger partial charge >= 0.3 is 6.09 Å². The molecule has 0 radical (unpaired) electrons. The van der Waals surface area contributed by atoms with E-state index >= 15 is 0 Å². The maximum absolute atomic E-state index is 13.0. The van der Waals surface area contributed by atoms with Crippen LogP contribution in [0.15, 0.2) is 24.3 Å². The fourth-order valence-corrected chi connectivity index (χ4v) is 5.02.